The standard InChI is InChI=1S/C15H23N3O3/c1-17-5-7-20-14(10-17)11-18(9-12-2-3-12)15(19)8-13-4-6-21-16-13/h4,6,12,14H,2-3,5,7-11H2,1H3. The molecule has 0 spiro atoms. The zero-order valence-corrected chi connectivity index (χ0v) is 12.5. The second kappa shape index (κ2) is 6.58. The molecule has 1 aliphatic carbocycles. The monoisotopic (exact) mass is 293 g/mol. The van der Waals surface area contributed by atoms with Gasteiger partial charge in [0.1, 0.15) is 6.26 Å². The van der Waals surface area contributed by atoms with Crippen molar-refractivity contribution in [1.82, 2.24) is 15.0 Å². The summed E-state index contributed by atoms with van der Waals surface area (Å²) in [6, 6.07) is 1.75. The Hall–Kier alpha value is -1.40. The average molecular weight is 293 g/mol. The molecule has 1 aromatic rings. The van der Waals surface area contributed by atoms with Crippen molar-refractivity contribution < 1.29 is 14.1 Å². The topological polar surface area (TPSA) is 58.8 Å². The molecule has 6 nitrogen and oxygen atoms in total. The molecule has 116 valence electrons. The number of hydrogen-bond acceptors (Lipinski definition) is 5. The van der Waals surface area contributed by atoms with Gasteiger partial charge in [0.2, 0.25) is 5.91 Å². The molecular formula is C15H23N3O3. The highest BCUT2D eigenvalue weighted by molar-refractivity contribution is 5.78. The van der Waals surface area contributed by atoms with E-state index in [9.17, 15) is 4.79 Å². The molecule has 6 heteroatoms. The third-order valence-corrected chi connectivity index (χ3v) is 4.12. The fraction of sp³-hybridized carbons (Fsp3) is 0.733. The van der Waals surface area contributed by atoms with Crippen molar-refractivity contribution in [2.45, 2.75) is 25.4 Å². The minimum absolute atomic E-state index is 0.115. The normalized spacial score (nSPS) is 23.2. The number of carbonyl (C=O) groups is 1. The number of carbonyl (C=O) groups excluding carboxylic acids is 1. The van der Waals surface area contributed by atoms with E-state index in [1.165, 1.54) is 19.1 Å². The van der Waals surface area contributed by atoms with Gasteiger partial charge >= 0.3 is 0 Å². The molecule has 0 radical (unpaired) electrons. The van der Waals surface area contributed by atoms with Gasteiger partial charge in [-0.1, -0.05) is 5.16 Å². The Kier molecular flexibility index (Phi) is 4.55. The van der Waals surface area contributed by atoms with E-state index in [4.69, 9.17) is 9.26 Å². The van der Waals surface area contributed by atoms with Crippen LogP contribution >= 0.6 is 0 Å². The molecule has 1 amide bonds. The predicted octanol–water partition coefficient (Wildman–Crippen LogP) is 0.786. The zero-order chi connectivity index (χ0) is 14.7. The van der Waals surface area contributed by atoms with E-state index in [0.29, 0.717) is 24.6 Å². The van der Waals surface area contributed by atoms with Gasteiger partial charge in [-0.05, 0) is 25.8 Å². The van der Waals surface area contributed by atoms with Gasteiger partial charge in [0.25, 0.3) is 0 Å². The number of ether oxygens (including phenoxy) is 1. The van der Waals surface area contributed by atoms with Gasteiger partial charge in [-0.2, -0.15) is 0 Å². The van der Waals surface area contributed by atoms with E-state index in [1.807, 2.05) is 4.90 Å². The summed E-state index contributed by atoms with van der Waals surface area (Å²) in [5.74, 6) is 0.792. The van der Waals surface area contributed by atoms with Crippen LogP contribution in [0.1, 0.15) is 18.5 Å². The highest BCUT2D eigenvalue weighted by Crippen LogP contribution is 2.30. The lowest BCUT2D eigenvalue weighted by molar-refractivity contribution is -0.134. The van der Waals surface area contributed by atoms with Gasteiger partial charge in [0.15, 0.2) is 0 Å². The van der Waals surface area contributed by atoms with Gasteiger partial charge in [-0.3, -0.25) is 4.79 Å². The maximum atomic E-state index is 12.5. The average Bonchev–Trinajstić information content (AvgIpc) is 3.13. The molecule has 0 bridgehead atoms. The number of hydrogen-bond donors (Lipinski definition) is 0. The molecular weight excluding hydrogens is 270 g/mol. The van der Waals surface area contributed by atoms with E-state index in [0.717, 1.165) is 26.2 Å². The lowest BCUT2D eigenvalue weighted by Crippen LogP contribution is -2.48. The maximum Gasteiger partial charge on any atom is 0.228 e. The summed E-state index contributed by atoms with van der Waals surface area (Å²) in [5, 5.41) is 3.83. The van der Waals surface area contributed by atoms with Crippen LogP contribution < -0.4 is 0 Å². The van der Waals surface area contributed by atoms with E-state index in [1.54, 1.807) is 6.07 Å². The highest BCUT2D eigenvalue weighted by Gasteiger charge is 2.30. The van der Waals surface area contributed by atoms with Crippen molar-refractivity contribution in [2.24, 2.45) is 5.92 Å². The molecule has 1 aliphatic heterocycles. The lowest BCUT2D eigenvalue weighted by atomic mass is 10.2. The van der Waals surface area contributed by atoms with Crippen LogP contribution in [-0.4, -0.2) is 66.8 Å². The summed E-state index contributed by atoms with van der Waals surface area (Å²) < 4.78 is 10.6. The van der Waals surface area contributed by atoms with Crippen molar-refractivity contribution >= 4 is 5.91 Å². The molecule has 3 rings (SSSR count). The van der Waals surface area contributed by atoms with Crippen LogP contribution in [0.3, 0.4) is 0 Å². The first-order valence-electron chi connectivity index (χ1n) is 7.68. The fourth-order valence-electron chi connectivity index (χ4n) is 2.71. The number of aromatic nitrogens is 1. The summed E-state index contributed by atoms with van der Waals surface area (Å²) in [6.07, 6.45) is 4.40. The minimum atomic E-state index is 0.115. The molecule has 21 heavy (non-hydrogen) atoms. The van der Waals surface area contributed by atoms with E-state index in [-0.39, 0.29) is 12.0 Å². The molecule has 1 saturated heterocycles. The molecule has 1 unspecified atom stereocenters. The molecule has 2 aliphatic rings. The van der Waals surface area contributed by atoms with E-state index < -0.39 is 0 Å². The molecule has 1 aromatic heterocycles. The van der Waals surface area contributed by atoms with E-state index >= 15 is 0 Å². The number of morpholine rings is 1. The Labute approximate surface area is 125 Å². The van der Waals surface area contributed by atoms with Crippen LogP contribution in [0, 0.1) is 5.92 Å². The van der Waals surface area contributed by atoms with Crippen molar-refractivity contribution in [1.29, 1.82) is 0 Å². The smallest absolute Gasteiger partial charge is 0.228 e. The molecule has 2 fully saturated rings. The molecule has 0 aromatic carbocycles. The minimum Gasteiger partial charge on any atom is -0.374 e. The SMILES string of the molecule is CN1CCOC(CN(CC2CC2)C(=O)Cc2ccon2)C1. The van der Waals surface area contributed by atoms with Crippen molar-refractivity contribution in [3.63, 3.8) is 0 Å². The molecule has 1 atom stereocenters. The summed E-state index contributed by atoms with van der Waals surface area (Å²) >= 11 is 0. The predicted molar refractivity (Wildman–Crippen MR) is 76.7 cm³/mol. The van der Waals surface area contributed by atoms with Crippen LogP contribution in [0.4, 0.5) is 0 Å². The molecule has 1 saturated carbocycles. The van der Waals surface area contributed by atoms with E-state index in [2.05, 4.69) is 17.1 Å². The van der Waals surface area contributed by atoms with Gasteiger partial charge in [0.05, 0.1) is 24.8 Å². The Morgan fingerprint density at radius 1 is 1.48 bits per heavy atom. The summed E-state index contributed by atoms with van der Waals surface area (Å²) in [6.45, 7) is 4.12. The Morgan fingerprint density at radius 3 is 3.00 bits per heavy atom. The van der Waals surface area contributed by atoms with Gasteiger partial charge in [0, 0.05) is 32.2 Å². The van der Waals surface area contributed by atoms with Crippen LogP contribution in [0.2, 0.25) is 0 Å². The number of rotatable bonds is 6. The van der Waals surface area contributed by atoms with Gasteiger partial charge in [-0.25, -0.2) is 0 Å². The summed E-state index contributed by atoms with van der Waals surface area (Å²) in [5.41, 5.74) is 0.697. The first-order chi connectivity index (χ1) is 10.2. The first-order valence-corrected chi connectivity index (χ1v) is 7.68. The maximum absolute atomic E-state index is 12.5. The largest absolute Gasteiger partial charge is 0.374 e. The first kappa shape index (κ1) is 14.5. The fourth-order valence-corrected chi connectivity index (χ4v) is 2.71. The third kappa shape index (κ3) is 4.28. The van der Waals surface area contributed by atoms with Crippen molar-refractivity contribution in [3.8, 4) is 0 Å². The van der Waals surface area contributed by atoms with Crippen LogP contribution in [0.25, 0.3) is 0 Å². The quantitative estimate of drug-likeness (QED) is 0.776. The number of likely N-dealkylation sites (N-methyl/N-ethyl adjacent to an activating group) is 1. The second-order valence-corrected chi connectivity index (χ2v) is 6.16. The van der Waals surface area contributed by atoms with Crippen molar-refractivity contribution in [2.75, 3.05) is 39.8 Å². The molecule has 2 heterocycles. The lowest BCUT2D eigenvalue weighted by Gasteiger charge is -2.34. The summed E-state index contributed by atoms with van der Waals surface area (Å²) in [4.78, 5) is 16.7. The number of nitrogens with zero attached hydrogens (tertiary/aromatic N) is 3. The second-order valence-electron chi connectivity index (χ2n) is 6.16. The third-order valence-electron chi connectivity index (χ3n) is 4.12. The van der Waals surface area contributed by atoms with Crippen molar-refractivity contribution in [3.05, 3.63) is 18.0 Å². The zero-order valence-electron chi connectivity index (χ0n) is 12.5. The Bertz CT molecular complexity index is 459. The van der Waals surface area contributed by atoms with Crippen LogP contribution in [0.15, 0.2) is 16.9 Å². The van der Waals surface area contributed by atoms with Gasteiger partial charge in [-0.15, -0.1) is 0 Å². The Balaban J connectivity index is 1.58. The van der Waals surface area contributed by atoms with Crippen LogP contribution in [0.5, 0.6) is 0 Å². The summed E-state index contributed by atoms with van der Waals surface area (Å²) in [7, 11) is 2.10. The van der Waals surface area contributed by atoms with Gasteiger partial charge < -0.3 is 19.1 Å². The van der Waals surface area contributed by atoms with Crippen LogP contribution in [-0.2, 0) is 16.0 Å². The Morgan fingerprint density at radius 2 is 2.33 bits per heavy atom. The highest BCUT2D eigenvalue weighted by atomic mass is 16.5. The molecule has 0 N–H and O–H groups in total. The number of amides is 1.